The number of benzene rings is 2. The number of nitrogens with one attached hydrogen (secondary N) is 3. The van der Waals surface area contributed by atoms with E-state index in [-0.39, 0.29) is 17.5 Å². The quantitative estimate of drug-likeness (QED) is 0.560. The van der Waals surface area contributed by atoms with Gasteiger partial charge in [-0.25, -0.2) is 9.18 Å². The zero-order valence-electron chi connectivity index (χ0n) is 15.5. The third kappa shape index (κ3) is 4.39. The van der Waals surface area contributed by atoms with Crippen LogP contribution in [0.1, 0.15) is 33.7 Å². The molecule has 148 valence electrons. The van der Waals surface area contributed by atoms with Gasteiger partial charge in [-0.3, -0.25) is 4.79 Å². The maximum atomic E-state index is 13.1. The summed E-state index contributed by atoms with van der Waals surface area (Å²) >= 11 is 5.97. The molecular weight excluding hydrogens is 393 g/mol. The highest BCUT2D eigenvalue weighted by Gasteiger charge is 2.22. The lowest BCUT2D eigenvalue weighted by molar-refractivity contribution is 0.103. The van der Waals surface area contributed by atoms with E-state index in [9.17, 15) is 14.0 Å². The topological polar surface area (TPSA) is 77.8 Å². The SMILES string of the molecule is O=C(c1ccc(F)cc1)c1[nH]c(=O)[nH]c1CC1CC(c2ccc(Cl)cc2)=CCN1. The van der Waals surface area contributed by atoms with Gasteiger partial charge in [0.25, 0.3) is 0 Å². The van der Waals surface area contributed by atoms with Crippen molar-refractivity contribution in [2.24, 2.45) is 0 Å². The Morgan fingerprint density at radius 1 is 1.07 bits per heavy atom. The Labute approximate surface area is 171 Å². The summed E-state index contributed by atoms with van der Waals surface area (Å²) in [6, 6.07) is 13.0. The van der Waals surface area contributed by atoms with E-state index in [1.165, 1.54) is 29.8 Å². The normalized spacial score (nSPS) is 16.5. The highest BCUT2D eigenvalue weighted by atomic mass is 35.5. The van der Waals surface area contributed by atoms with E-state index in [1.54, 1.807) is 0 Å². The standard InChI is InChI=1S/C22H19ClFN3O2/c23-16-5-1-13(2-6-16)15-9-10-25-18(11-15)12-19-20(27-22(29)26-19)21(28)14-3-7-17(24)8-4-14/h1-9,18,25H,10-12H2,(H2,26,27,29). The van der Waals surface area contributed by atoms with Crippen molar-refractivity contribution in [2.45, 2.75) is 18.9 Å². The summed E-state index contributed by atoms with van der Waals surface area (Å²) < 4.78 is 13.1. The molecular formula is C22H19ClFN3O2. The molecule has 0 spiro atoms. The number of hydrogen-bond acceptors (Lipinski definition) is 3. The zero-order valence-corrected chi connectivity index (χ0v) is 16.2. The fourth-order valence-electron chi connectivity index (χ4n) is 3.57. The number of halogens is 2. The van der Waals surface area contributed by atoms with E-state index in [4.69, 9.17) is 11.6 Å². The maximum Gasteiger partial charge on any atom is 0.323 e. The van der Waals surface area contributed by atoms with Crippen molar-refractivity contribution in [3.63, 3.8) is 0 Å². The summed E-state index contributed by atoms with van der Waals surface area (Å²) in [6.07, 6.45) is 3.36. The number of carbonyl (C=O) groups excluding carboxylic acids is 1. The second-order valence-corrected chi connectivity index (χ2v) is 7.45. The number of carbonyl (C=O) groups is 1. The Balaban J connectivity index is 1.53. The van der Waals surface area contributed by atoms with Crippen LogP contribution >= 0.6 is 11.6 Å². The smallest absolute Gasteiger partial charge is 0.310 e. The predicted molar refractivity (Wildman–Crippen MR) is 111 cm³/mol. The average Bonchev–Trinajstić information content (AvgIpc) is 3.09. The fraction of sp³-hybridized carbons (Fsp3) is 0.182. The Bertz CT molecular complexity index is 1110. The number of H-pyrrole nitrogens is 2. The third-order valence-corrected chi connectivity index (χ3v) is 5.28. The van der Waals surface area contributed by atoms with Crippen molar-refractivity contribution in [2.75, 3.05) is 6.54 Å². The van der Waals surface area contributed by atoms with Gasteiger partial charge in [-0.2, -0.15) is 0 Å². The fourth-order valence-corrected chi connectivity index (χ4v) is 3.70. The van der Waals surface area contributed by atoms with Crippen molar-refractivity contribution >= 4 is 23.0 Å². The molecule has 1 aliphatic heterocycles. The summed E-state index contributed by atoms with van der Waals surface area (Å²) in [6.45, 7) is 0.693. The molecule has 1 unspecified atom stereocenters. The monoisotopic (exact) mass is 411 g/mol. The molecule has 7 heteroatoms. The van der Waals surface area contributed by atoms with Gasteiger partial charge in [0, 0.05) is 35.3 Å². The summed E-state index contributed by atoms with van der Waals surface area (Å²) in [4.78, 5) is 30.0. The van der Waals surface area contributed by atoms with Gasteiger partial charge in [0.1, 0.15) is 11.5 Å². The number of aromatic nitrogens is 2. The Hall–Kier alpha value is -2.96. The van der Waals surface area contributed by atoms with Crippen LogP contribution in [0.4, 0.5) is 4.39 Å². The van der Waals surface area contributed by atoms with Crippen LogP contribution in [0.25, 0.3) is 5.57 Å². The molecule has 1 aromatic heterocycles. The van der Waals surface area contributed by atoms with E-state index in [0.29, 0.717) is 29.2 Å². The molecule has 0 saturated heterocycles. The highest BCUT2D eigenvalue weighted by Crippen LogP contribution is 2.25. The van der Waals surface area contributed by atoms with Crippen molar-refractivity contribution < 1.29 is 9.18 Å². The Morgan fingerprint density at radius 3 is 2.52 bits per heavy atom. The van der Waals surface area contributed by atoms with Crippen LogP contribution in [0, 0.1) is 5.82 Å². The van der Waals surface area contributed by atoms with Gasteiger partial charge < -0.3 is 15.3 Å². The Morgan fingerprint density at radius 2 is 1.79 bits per heavy atom. The lowest BCUT2D eigenvalue weighted by Crippen LogP contribution is -2.35. The minimum Gasteiger partial charge on any atom is -0.310 e. The number of ketones is 1. The Kier molecular flexibility index (Phi) is 5.47. The average molecular weight is 412 g/mol. The molecule has 0 saturated carbocycles. The molecule has 1 aliphatic rings. The van der Waals surface area contributed by atoms with Crippen molar-refractivity contribution in [1.29, 1.82) is 0 Å². The second kappa shape index (κ2) is 8.19. The van der Waals surface area contributed by atoms with E-state index >= 15 is 0 Å². The minimum absolute atomic E-state index is 0.0527. The van der Waals surface area contributed by atoms with Crippen molar-refractivity contribution in [1.82, 2.24) is 15.3 Å². The molecule has 29 heavy (non-hydrogen) atoms. The summed E-state index contributed by atoms with van der Waals surface area (Å²) in [7, 11) is 0. The first-order chi connectivity index (χ1) is 14.0. The molecule has 2 aromatic carbocycles. The number of aromatic amines is 2. The van der Waals surface area contributed by atoms with Gasteiger partial charge >= 0.3 is 5.69 Å². The molecule has 0 fully saturated rings. The van der Waals surface area contributed by atoms with Crippen LogP contribution < -0.4 is 11.0 Å². The van der Waals surface area contributed by atoms with Gasteiger partial charge in [-0.1, -0.05) is 29.8 Å². The van der Waals surface area contributed by atoms with Crippen molar-refractivity contribution in [3.05, 3.63) is 98.4 Å². The van der Waals surface area contributed by atoms with Gasteiger partial charge in [-0.15, -0.1) is 0 Å². The van der Waals surface area contributed by atoms with Crippen LogP contribution in [0.5, 0.6) is 0 Å². The number of rotatable bonds is 5. The number of hydrogen-bond donors (Lipinski definition) is 3. The molecule has 3 N–H and O–H groups in total. The molecule has 3 aromatic rings. The van der Waals surface area contributed by atoms with Gasteiger partial charge in [0.2, 0.25) is 5.78 Å². The lowest BCUT2D eigenvalue weighted by atomic mass is 9.92. The zero-order chi connectivity index (χ0) is 20.4. The molecule has 0 amide bonds. The molecule has 0 aliphatic carbocycles. The maximum absolute atomic E-state index is 13.1. The van der Waals surface area contributed by atoms with Gasteiger partial charge in [-0.05, 0) is 54.0 Å². The highest BCUT2D eigenvalue weighted by molar-refractivity contribution is 6.30. The second-order valence-electron chi connectivity index (χ2n) is 7.02. The summed E-state index contributed by atoms with van der Waals surface area (Å²) in [5, 5.41) is 4.09. The first kappa shape index (κ1) is 19.4. The molecule has 2 heterocycles. The molecule has 5 nitrogen and oxygen atoms in total. The van der Waals surface area contributed by atoms with E-state index in [1.807, 2.05) is 24.3 Å². The lowest BCUT2D eigenvalue weighted by Gasteiger charge is -2.24. The van der Waals surface area contributed by atoms with Crippen molar-refractivity contribution in [3.8, 4) is 0 Å². The van der Waals surface area contributed by atoms with E-state index in [2.05, 4.69) is 21.4 Å². The molecule has 0 bridgehead atoms. The van der Waals surface area contributed by atoms with E-state index < -0.39 is 11.5 Å². The third-order valence-electron chi connectivity index (χ3n) is 5.03. The molecule has 4 rings (SSSR count). The van der Waals surface area contributed by atoms with Crippen LogP contribution in [-0.4, -0.2) is 28.3 Å². The first-order valence-corrected chi connectivity index (χ1v) is 9.67. The van der Waals surface area contributed by atoms with Crippen LogP contribution in [-0.2, 0) is 6.42 Å². The largest absolute Gasteiger partial charge is 0.323 e. The summed E-state index contributed by atoms with van der Waals surface area (Å²) in [5.74, 6) is -0.764. The number of imidazole rings is 1. The van der Waals surface area contributed by atoms with Crippen LogP contribution in [0.2, 0.25) is 5.02 Å². The summed E-state index contributed by atoms with van der Waals surface area (Å²) in [5.41, 5.74) is 2.93. The van der Waals surface area contributed by atoms with Crippen LogP contribution in [0.15, 0.2) is 59.4 Å². The predicted octanol–water partition coefficient (Wildman–Crippen LogP) is 3.71. The van der Waals surface area contributed by atoms with E-state index in [0.717, 1.165) is 12.0 Å². The molecule has 0 radical (unpaired) electrons. The van der Waals surface area contributed by atoms with Crippen LogP contribution in [0.3, 0.4) is 0 Å². The first-order valence-electron chi connectivity index (χ1n) is 9.29. The molecule has 1 atom stereocenters. The minimum atomic E-state index is -0.435. The van der Waals surface area contributed by atoms with Gasteiger partial charge in [0.05, 0.1) is 0 Å². The van der Waals surface area contributed by atoms with Gasteiger partial charge in [0.15, 0.2) is 0 Å².